The van der Waals surface area contributed by atoms with Gasteiger partial charge >= 0.3 is 17.3 Å². The number of hydrogen-bond donors (Lipinski definition) is 1. The molecule has 0 aliphatic heterocycles. The molecule has 0 fully saturated rings. The van der Waals surface area contributed by atoms with Gasteiger partial charge in [-0.05, 0) is 0 Å². The summed E-state index contributed by atoms with van der Waals surface area (Å²) in [5.41, 5.74) is 0. The van der Waals surface area contributed by atoms with E-state index >= 15 is 0 Å². The van der Waals surface area contributed by atoms with Crippen LogP contribution in [0.25, 0.3) is 0 Å². The summed E-state index contributed by atoms with van der Waals surface area (Å²) in [5, 5.41) is 7.60. The van der Waals surface area contributed by atoms with Crippen molar-refractivity contribution < 1.29 is 14.6 Å². The predicted molar refractivity (Wildman–Crippen MR) is 21.8 cm³/mol. The van der Waals surface area contributed by atoms with Gasteiger partial charge in [-0.3, -0.25) is 0 Å². The molecule has 0 aromatic heterocycles. The van der Waals surface area contributed by atoms with Gasteiger partial charge in [0.05, 0.1) is 0 Å². The van der Waals surface area contributed by atoms with Crippen molar-refractivity contribution in [1.29, 1.82) is 0 Å². The van der Waals surface area contributed by atoms with Crippen molar-refractivity contribution >= 4 is 5.97 Å². The van der Waals surface area contributed by atoms with Crippen LogP contribution in [-0.2, 0) is 9.45 Å². The van der Waals surface area contributed by atoms with Crippen LogP contribution in [-0.4, -0.2) is 11.1 Å². The number of aliphatic carboxylic acids is 1. The third-order valence-corrected chi connectivity index (χ3v) is 0.175. The van der Waals surface area contributed by atoms with Crippen molar-refractivity contribution in [1.82, 2.24) is 0 Å². The number of hydrogen-bond acceptors (Lipinski definition) is 1. The van der Waals surface area contributed by atoms with E-state index in [0.717, 1.165) is 6.08 Å². The Labute approximate surface area is 41.0 Å². The van der Waals surface area contributed by atoms with Gasteiger partial charge in [-0.1, -0.05) is 6.58 Å². The maximum atomic E-state index is 9.25. The molecule has 0 aromatic rings. The second-order valence-corrected chi connectivity index (χ2v) is 0.542. The Kier molecular flexibility index (Phi) is 11.8. The van der Waals surface area contributed by atoms with E-state index in [2.05, 4.69) is 13.2 Å². The number of carboxylic acid groups (broad SMARTS) is 1. The number of carbonyl (C=O) groups is 1. The topological polar surface area (TPSA) is 57.2 Å². The van der Waals surface area contributed by atoms with E-state index in [1.807, 2.05) is 0 Å². The average molecular weight is 100 g/mol. The van der Waals surface area contributed by atoms with E-state index in [1.54, 1.807) is 0 Å². The Morgan fingerprint density at radius 1 is 1.86 bits per heavy atom. The summed E-state index contributed by atoms with van der Waals surface area (Å²) in [5.74, 6) is -0.981. The van der Waals surface area contributed by atoms with Crippen LogP contribution in [0.15, 0.2) is 12.7 Å². The standard InChI is InChI=1S/C3H4O2.CO/c1-2-3(4)5;1-2/h2H,1H2,(H,4,5);. The molecule has 0 spiro atoms. The first-order valence-corrected chi connectivity index (χ1v) is 1.33. The summed E-state index contributed by atoms with van der Waals surface area (Å²) >= 11 is 0. The van der Waals surface area contributed by atoms with Crippen LogP contribution >= 0.6 is 0 Å². The molecule has 3 nitrogen and oxygen atoms in total. The van der Waals surface area contributed by atoms with Crippen molar-refractivity contribution in [3.63, 3.8) is 0 Å². The van der Waals surface area contributed by atoms with Crippen molar-refractivity contribution in [3.8, 4) is 0 Å². The van der Waals surface area contributed by atoms with E-state index in [1.165, 1.54) is 0 Å². The van der Waals surface area contributed by atoms with Crippen molar-refractivity contribution in [2.75, 3.05) is 0 Å². The van der Waals surface area contributed by atoms with E-state index < -0.39 is 5.97 Å². The maximum absolute atomic E-state index is 9.25. The molecule has 38 valence electrons. The normalized spacial score (nSPS) is 4.86. The van der Waals surface area contributed by atoms with Gasteiger partial charge in [-0.15, -0.1) is 0 Å². The molecule has 0 aliphatic rings. The van der Waals surface area contributed by atoms with Crippen molar-refractivity contribution in [2.45, 2.75) is 0 Å². The summed E-state index contributed by atoms with van der Waals surface area (Å²) < 4.78 is 7.50. The number of carboxylic acids is 1. The molecule has 0 amide bonds. The zero-order valence-corrected chi connectivity index (χ0v) is 3.55. The Morgan fingerprint density at radius 2 is 2.00 bits per heavy atom. The molecule has 0 aromatic carbocycles. The molecule has 3 heteroatoms. The molecule has 0 radical (unpaired) electrons. The summed E-state index contributed by atoms with van der Waals surface area (Å²) in [4.78, 5) is 9.25. The first-order valence-electron chi connectivity index (χ1n) is 1.33. The van der Waals surface area contributed by atoms with Gasteiger partial charge in [0, 0.05) is 6.08 Å². The molecule has 0 heterocycles. The van der Waals surface area contributed by atoms with Crippen LogP contribution in [0.3, 0.4) is 0 Å². The predicted octanol–water partition coefficient (Wildman–Crippen LogP) is 0.219. The third-order valence-electron chi connectivity index (χ3n) is 0.175. The average Bonchev–Trinajstić information content (AvgIpc) is 1.73. The molecule has 0 atom stereocenters. The first kappa shape index (κ1) is 9.34. The molecule has 0 bridgehead atoms. The van der Waals surface area contributed by atoms with Crippen LogP contribution < -0.4 is 0 Å². The summed E-state index contributed by atoms with van der Waals surface area (Å²) in [7, 11) is 0. The van der Waals surface area contributed by atoms with Gasteiger partial charge in [0.25, 0.3) is 0 Å². The van der Waals surface area contributed by atoms with Gasteiger partial charge in [-0.25, -0.2) is 4.79 Å². The molecule has 0 rings (SSSR count). The second kappa shape index (κ2) is 8.87. The zero-order chi connectivity index (χ0) is 6.28. The zero-order valence-electron chi connectivity index (χ0n) is 3.55. The van der Waals surface area contributed by atoms with Crippen LogP contribution in [0.5, 0.6) is 0 Å². The van der Waals surface area contributed by atoms with Crippen LogP contribution in [0.1, 0.15) is 0 Å². The minimum absolute atomic E-state index is 0.833. The van der Waals surface area contributed by atoms with Gasteiger partial charge in [0.15, 0.2) is 0 Å². The minimum atomic E-state index is -0.981. The first-order chi connectivity index (χ1) is 3.27. The van der Waals surface area contributed by atoms with Gasteiger partial charge in [0.2, 0.25) is 0 Å². The molecular weight excluding hydrogens is 96.0 g/mol. The van der Waals surface area contributed by atoms with Crippen LogP contribution in [0.4, 0.5) is 0 Å². The fraction of sp³-hybridized carbons (Fsp3) is 0. The van der Waals surface area contributed by atoms with Crippen LogP contribution in [0.2, 0.25) is 0 Å². The SMILES string of the molecule is C=CC(=O)O.[C-]#[O+]. The van der Waals surface area contributed by atoms with Gasteiger partial charge in [0.1, 0.15) is 0 Å². The molecule has 0 saturated carbocycles. The Hall–Kier alpha value is -1.05. The fourth-order valence-corrected chi connectivity index (χ4v) is 0. The quantitative estimate of drug-likeness (QED) is 0.291. The van der Waals surface area contributed by atoms with Crippen molar-refractivity contribution in [2.24, 2.45) is 0 Å². The van der Waals surface area contributed by atoms with E-state index in [-0.39, 0.29) is 0 Å². The molecule has 0 unspecified atom stereocenters. The third kappa shape index (κ3) is 47.7. The Bertz CT molecular complexity index is 82.2. The second-order valence-electron chi connectivity index (χ2n) is 0.542. The summed E-state index contributed by atoms with van der Waals surface area (Å²) in [6.07, 6.45) is 0.833. The molecule has 1 N–H and O–H groups in total. The Morgan fingerprint density at radius 3 is 2.00 bits per heavy atom. The van der Waals surface area contributed by atoms with E-state index in [0.29, 0.717) is 0 Å². The Balaban J connectivity index is 0. The molecular formula is C4H4O3. The van der Waals surface area contributed by atoms with Gasteiger partial charge in [-0.2, -0.15) is 0 Å². The summed E-state index contributed by atoms with van der Waals surface area (Å²) in [6.45, 7) is 7.46. The van der Waals surface area contributed by atoms with Crippen molar-refractivity contribution in [3.05, 3.63) is 19.3 Å². The van der Waals surface area contributed by atoms with E-state index in [4.69, 9.17) is 9.76 Å². The monoisotopic (exact) mass is 100 g/mol. The summed E-state index contributed by atoms with van der Waals surface area (Å²) in [6, 6.07) is 0. The molecule has 0 saturated heterocycles. The molecule has 7 heavy (non-hydrogen) atoms. The number of rotatable bonds is 1. The van der Waals surface area contributed by atoms with Gasteiger partial charge < -0.3 is 5.11 Å². The van der Waals surface area contributed by atoms with E-state index in [9.17, 15) is 4.79 Å². The molecule has 0 aliphatic carbocycles. The fourth-order valence-electron chi connectivity index (χ4n) is 0. The van der Waals surface area contributed by atoms with Crippen LogP contribution in [0, 0.1) is 6.65 Å².